The lowest BCUT2D eigenvalue weighted by Gasteiger charge is -2.36. The van der Waals surface area contributed by atoms with Crippen molar-refractivity contribution in [3.8, 4) is 0 Å². The zero-order valence-corrected chi connectivity index (χ0v) is 15.7. The van der Waals surface area contributed by atoms with E-state index in [2.05, 4.69) is 26.1 Å². The van der Waals surface area contributed by atoms with E-state index in [-0.39, 0.29) is 17.9 Å². The van der Waals surface area contributed by atoms with E-state index in [1.807, 2.05) is 36.1 Å². The van der Waals surface area contributed by atoms with Crippen molar-refractivity contribution in [2.45, 2.75) is 13.0 Å². The zero-order valence-electron chi connectivity index (χ0n) is 14.1. The largest absolute Gasteiger partial charge is 0.368 e. The molecule has 4 nitrogen and oxygen atoms in total. The van der Waals surface area contributed by atoms with Crippen LogP contribution < -0.4 is 10.2 Å². The lowest BCUT2D eigenvalue weighted by atomic mass is 10.1. The number of nitrogens with zero attached hydrogens (tertiary/aromatic N) is 2. The first kappa shape index (κ1) is 17.7. The molecule has 2 amide bonds. The highest BCUT2D eigenvalue weighted by molar-refractivity contribution is 9.10. The SMILES string of the molecule is CC(NC(=O)N1CCN(c2ccc(F)cc2)CC1)c1ccccc1Br. The van der Waals surface area contributed by atoms with Crippen LogP contribution in [0.3, 0.4) is 0 Å². The molecule has 3 rings (SSSR count). The molecule has 1 heterocycles. The smallest absolute Gasteiger partial charge is 0.317 e. The molecular formula is C19H21BrFN3O. The van der Waals surface area contributed by atoms with Gasteiger partial charge in [-0.2, -0.15) is 0 Å². The molecule has 1 atom stereocenters. The number of carbonyl (C=O) groups is 1. The van der Waals surface area contributed by atoms with Crippen LogP contribution in [0.4, 0.5) is 14.9 Å². The highest BCUT2D eigenvalue weighted by Gasteiger charge is 2.23. The molecule has 0 aliphatic carbocycles. The normalized spacial score (nSPS) is 15.8. The maximum atomic E-state index is 13.0. The lowest BCUT2D eigenvalue weighted by Crippen LogP contribution is -2.52. The number of urea groups is 1. The van der Waals surface area contributed by atoms with Crippen molar-refractivity contribution in [3.05, 3.63) is 64.4 Å². The zero-order chi connectivity index (χ0) is 17.8. The summed E-state index contributed by atoms with van der Waals surface area (Å²) in [6.45, 7) is 4.75. The number of carbonyl (C=O) groups excluding carboxylic acids is 1. The van der Waals surface area contributed by atoms with E-state index in [1.165, 1.54) is 12.1 Å². The summed E-state index contributed by atoms with van der Waals surface area (Å²) < 4.78 is 14.0. The molecule has 0 radical (unpaired) electrons. The maximum absolute atomic E-state index is 13.0. The number of amides is 2. The quantitative estimate of drug-likeness (QED) is 0.830. The first-order valence-corrected chi connectivity index (χ1v) is 9.14. The third kappa shape index (κ3) is 4.31. The molecule has 1 unspecified atom stereocenters. The van der Waals surface area contributed by atoms with Gasteiger partial charge in [-0.3, -0.25) is 0 Å². The van der Waals surface area contributed by atoms with E-state index in [0.717, 1.165) is 28.8 Å². The van der Waals surface area contributed by atoms with Gasteiger partial charge in [-0.25, -0.2) is 9.18 Å². The van der Waals surface area contributed by atoms with Crippen LogP contribution in [0, 0.1) is 5.82 Å². The van der Waals surface area contributed by atoms with E-state index in [0.29, 0.717) is 13.1 Å². The van der Waals surface area contributed by atoms with Gasteiger partial charge in [0.25, 0.3) is 0 Å². The second-order valence-electron chi connectivity index (χ2n) is 6.14. The van der Waals surface area contributed by atoms with Gasteiger partial charge < -0.3 is 15.1 Å². The maximum Gasteiger partial charge on any atom is 0.317 e. The Bertz CT molecular complexity index is 730. The van der Waals surface area contributed by atoms with Crippen molar-refractivity contribution in [1.82, 2.24) is 10.2 Å². The summed E-state index contributed by atoms with van der Waals surface area (Å²) >= 11 is 3.52. The van der Waals surface area contributed by atoms with Crippen LogP contribution in [0.15, 0.2) is 53.0 Å². The first-order valence-electron chi connectivity index (χ1n) is 8.35. The molecule has 132 valence electrons. The van der Waals surface area contributed by atoms with E-state index in [1.54, 1.807) is 12.1 Å². The number of piperazine rings is 1. The van der Waals surface area contributed by atoms with Crippen LogP contribution >= 0.6 is 15.9 Å². The average Bonchev–Trinajstić information content (AvgIpc) is 2.63. The van der Waals surface area contributed by atoms with Crippen LogP contribution in [0.5, 0.6) is 0 Å². The van der Waals surface area contributed by atoms with Crippen LogP contribution in [0.1, 0.15) is 18.5 Å². The molecule has 2 aromatic carbocycles. The van der Waals surface area contributed by atoms with Crippen molar-refractivity contribution in [2.24, 2.45) is 0 Å². The summed E-state index contributed by atoms with van der Waals surface area (Å²) in [6, 6.07) is 14.3. The van der Waals surface area contributed by atoms with Gasteiger partial charge in [-0.05, 0) is 42.8 Å². The number of anilines is 1. The van der Waals surface area contributed by atoms with Crippen LogP contribution in [0.2, 0.25) is 0 Å². The standard InChI is InChI=1S/C19H21BrFN3O/c1-14(17-4-2-3-5-18(17)20)22-19(25)24-12-10-23(11-13-24)16-8-6-15(21)7-9-16/h2-9,14H,10-13H2,1H3,(H,22,25). The first-order chi connectivity index (χ1) is 12.0. The Morgan fingerprint density at radius 2 is 1.72 bits per heavy atom. The summed E-state index contributed by atoms with van der Waals surface area (Å²) in [5, 5.41) is 3.06. The van der Waals surface area contributed by atoms with E-state index in [9.17, 15) is 9.18 Å². The summed E-state index contributed by atoms with van der Waals surface area (Å²) in [5.74, 6) is -0.233. The number of benzene rings is 2. The highest BCUT2D eigenvalue weighted by Crippen LogP contribution is 2.23. The van der Waals surface area contributed by atoms with Crippen LogP contribution in [-0.4, -0.2) is 37.1 Å². The third-order valence-electron chi connectivity index (χ3n) is 4.47. The third-order valence-corrected chi connectivity index (χ3v) is 5.19. The fourth-order valence-corrected chi connectivity index (χ4v) is 3.63. The molecule has 2 aromatic rings. The Labute approximate surface area is 155 Å². The Balaban J connectivity index is 1.55. The Hall–Kier alpha value is -2.08. The number of halogens is 2. The predicted octanol–water partition coefficient (Wildman–Crippen LogP) is 4.18. The molecular weight excluding hydrogens is 385 g/mol. The number of nitrogens with one attached hydrogen (secondary N) is 1. The molecule has 1 fully saturated rings. The lowest BCUT2D eigenvalue weighted by molar-refractivity contribution is 0.191. The van der Waals surface area contributed by atoms with Gasteiger partial charge in [0.05, 0.1) is 6.04 Å². The van der Waals surface area contributed by atoms with Gasteiger partial charge in [0.1, 0.15) is 5.82 Å². The van der Waals surface area contributed by atoms with Crippen molar-refractivity contribution >= 4 is 27.6 Å². The molecule has 1 N–H and O–H groups in total. The molecule has 0 saturated carbocycles. The second kappa shape index (κ2) is 7.87. The number of rotatable bonds is 3. The fraction of sp³-hybridized carbons (Fsp3) is 0.316. The summed E-state index contributed by atoms with van der Waals surface area (Å²) in [7, 11) is 0. The summed E-state index contributed by atoms with van der Waals surface area (Å²) in [6.07, 6.45) is 0. The van der Waals surface area contributed by atoms with Gasteiger partial charge in [0.15, 0.2) is 0 Å². The van der Waals surface area contributed by atoms with Gasteiger partial charge in [0, 0.05) is 36.3 Å². The molecule has 6 heteroatoms. The van der Waals surface area contributed by atoms with E-state index < -0.39 is 0 Å². The molecule has 0 bridgehead atoms. The van der Waals surface area contributed by atoms with Crippen molar-refractivity contribution in [3.63, 3.8) is 0 Å². The molecule has 1 aliphatic rings. The van der Waals surface area contributed by atoms with Crippen molar-refractivity contribution < 1.29 is 9.18 Å². The summed E-state index contributed by atoms with van der Waals surface area (Å²) in [4.78, 5) is 16.5. The highest BCUT2D eigenvalue weighted by atomic mass is 79.9. The van der Waals surface area contributed by atoms with Gasteiger partial charge >= 0.3 is 6.03 Å². The molecule has 0 spiro atoms. The number of hydrogen-bond donors (Lipinski definition) is 1. The van der Waals surface area contributed by atoms with E-state index >= 15 is 0 Å². The minimum absolute atomic E-state index is 0.0537. The van der Waals surface area contributed by atoms with Crippen molar-refractivity contribution in [1.29, 1.82) is 0 Å². The minimum atomic E-state index is -0.233. The minimum Gasteiger partial charge on any atom is -0.368 e. The van der Waals surface area contributed by atoms with Gasteiger partial charge in [-0.15, -0.1) is 0 Å². The molecule has 0 aromatic heterocycles. The Morgan fingerprint density at radius 3 is 2.36 bits per heavy atom. The Morgan fingerprint density at radius 1 is 1.08 bits per heavy atom. The molecule has 1 aliphatic heterocycles. The second-order valence-corrected chi connectivity index (χ2v) is 7.00. The fourth-order valence-electron chi connectivity index (χ4n) is 3.00. The summed E-state index contributed by atoms with van der Waals surface area (Å²) in [5.41, 5.74) is 2.05. The van der Waals surface area contributed by atoms with Gasteiger partial charge in [0.2, 0.25) is 0 Å². The molecule has 25 heavy (non-hydrogen) atoms. The van der Waals surface area contributed by atoms with Gasteiger partial charge in [-0.1, -0.05) is 34.1 Å². The predicted molar refractivity (Wildman–Crippen MR) is 101 cm³/mol. The average molecular weight is 406 g/mol. The topological polar surface area (TPSA) is 35.6 Å². The monoisotopic (exact) mass is 405 g/mol. The van der Waals surface area contributed by atoms with E-state index in [4.69, 9.17) is 0 Å². The van der Waals surface area contributed by atoms with Crippen LogP contribution in [-0.2, 0) is 0 Å². The van der Waals surface area contributed by atoms with Crippen molar-refractivity contribution in [2.75, 3.05) is 31.1 Å². The Kier molecular flexibility index (Phi) is 5.58. The number of hydrogen-bond acceptors (Lipinski definition) is 2. The molecule has 1 saturated heterocycles. The van der Waals surface area contributed by atoms with Crippen LogP contribution in [0.25, 0.3) is 0 Å².